The van der Waals surface area contributed by atoms with Gasteiger partial charge in [0, 0.05) is 6.54 Å². The summed E-state index contributed by atoms with van der Waals surface area (Å²) >= 11 is 0. The molecule has 0 amide bonds. The molecule has 0 unspecified atom stereocenters. The summed E-state index contributed by atoms with van der Waals surface area (Å²) < 4.78 is 10.3. The van der Waals surface area contributed by atoms with Crippen molar-refractivity contribution in [2.45, 2.75) is 6.54 Å². The topological polar surface area (TPSA) is 61.5 Å². The monoisotopic (exact) mass is 293 g/mol. The van der Waals surface area contributed by atoms with Gasteiger partial charge < -0.3 is 15.2 Å². The van der Waals surface area contributed by atoms with Crippen LogP contribution in [0.4, 0.5) is 0 Å². The fraction of sp³-hybridized carbons (Fsp3) is 0.133. The highest BCUT2D eigenvalue weighted by atomic mass is 35.5. The zero-order valence-electron chi connectivity index (χ0n) is 11.0. The van der Waals surface area contributed by atoms with Gasteiger partial charge in [0.25, 0.3) is 0 Å². The third kappa shape index (κ3) is 3.98. The van der Waals surface area contributed by atoms with E-state index in [4.69, 9.17) is 10.5 Å². The Hall–Kier alpha value is -2.04. The summed E-state index contributed by atoms with van der Waals surface area (Å²) in [7, 11) is 1.35. The normalized spacial score (nSPS) is 9.50. The van der Waals surface area contributed by atoms with Crippen LogP contribution in [0, 0.1) is 0 Å². The van der Waals surface area contributed by atoms with E-state index in [-0.39, 0.29) is 18.4 Å². The maximum Gasteiger partial charge on any atom is 0.337 e. The molecule has 2 rings (SSSR count). The molecule has 0 saturated heterocycles. The maximum atomic E-state index is 11.3. The second-order valence-electron chi connectivity index (χ2n) is 3.97. The van der Waals surface area contributed by atoms with Crippen molar-refractivity contribution in [1.29, 1.82) is 0 Å². The Morgan fingerprint density at radius 1 is 1.10 bits per heavy atom. The molecule has 4 nitrogen and oxygen atoms in total. The fourth-order valence-corrected chi connectivity index (χ4v) is 1.65. The number of hydrogen-bond donors (Lipinski definition) is 1. The summed E-state index contributed by atoms with van der Waals surface area (Å²) in [5.41, 5.74) is 7.07. The molecule has 0 aliphatic rings. The highest BCUT2D eigenvalue weighted by Gasteiger charge is 2.05. The van der Waals surface area contributed by atoms with Crippen molar-refractivity contribution in [3.8, 4) is 11.5 Å². The van der Waals surface area contributed by atoms with Crippen LogP contribution in [0.25, 0.3) is 0 Å². The van der Waals surface area contributed by atoms with Crippen molar-refractivity contribution < 1.29 is 14.3 Å². The molecule has 0 heterocycles. The highest BCUT2D eigenvalue weighted by Crippen LogP contribution is 2.22. The quantitative estimate of drug-likeness (QED) is 0.880. The van der Waals surface area contributed by atoms with Gasteiger partial charge in [-0.25, -0.2) is 4.79 Å². The summed E-state index contributed by atoms with van der Waals surface area (Å²) in [6.07, 6.45) is 0. The molecule has 0 saturated carbocycles. The molecule has 0 aromatic heterocycles. The number of methoxy groups -OCH3 is 1. The first-order valence-corrected chi connectivity index (χ1v) is 5.88. The molecular weight excluding hydrogens is 278 g/mol. The molecule has 0 aliphatic heterocycles. The fourth-order valence-electron chi connectivity index (χ4n) is 1.65. The van der Waals surface area contributed by atoms with Gasteiger partial charge in [-0.15, -0.1) is 12.4 Å². The number of benzene rings is 2. The lowest BCUT2D eigenvalue weighted by atomic mass is 10.2. The van der Waals surface area contributed by atoms with E-state index in [1.165, 1.54) is 7.11 Å². The third-order valence-corrected chi connectivity index (χ3v) is 2.65. The predicted octanol–water partition coefficient (Wildman–Crippen LogP) is 3.15. The van der Waals surface area contributed by atoms with Gasteiger partial charge in [-0.1, -0.05) is 12.1 Å². The first-order chi connectivity index (χ1) is 9.22. The van der Waals surface area contributed by atoms with Crippen molar-refractivity contribution in [1.82, 2.24) is 0 Å². The Bertz CT molecular complexity index is 570. The van der Waals surface area contributed by atoms with Gasteiger partial charge in [0.1, 0.15) is 11.5 Å². The van der Waals surface area contributed by atoms with Gasteiger partial charge in [-0.05, 0) is 42.0 Å². The van der Waals surface area contributed by atoms with E-state index in [0.717, 1.165) is 5.56 Å². The van der Waals surface area contributed by atoms with E-state index in [1.54, 1.807) is 24.3 Å². The van der Waals surface area contributed by atoms with Crippen LogP contribution in [0.15, 0.2) is 48.5 Å². The SMILES string of the molecule is COC(=O)c1ccc(Oc2cccc(CN)c2)cc1.Cl. The lowest BCUT2D eigenvalue weighted by Crippen LogP contribution is -2.00. The minimum atomic E-state index is -0.364. The molecule has 20 heavy (non-hydrogen) atoms. The van der Waals surface area contributed by atoms with Crippen molar-refractivity contribution >= 4 is 18.4 Å². The van der Waals surface area contributed by atoms with E-state index in [0.29, 0.717) is 23.6 Å². The summed E-state index contributed by atoms with van der Waals surface area (Å²) in [5.74, 6) is 1.01. The zero-order chi connectivity index (χ0) is 13.7. The number of nitrogens with two attached hydrogens (primary N) is 1. The van der Waals surface area contributed by atoms with Crippen molar-refractivity contribution in [2.75, 3.05) is 7.11 Å². The van der Waals surface area contributed by atoms with Gasteiger partial charge >= 0.3 is 5.97 Å². The first-order valence-electron chi connectivity index (χ1n) is 5.88. The minimum absolute atomic E-state index is 0. The number of carbonyl (C=O) groups excluding carboxylic acids is 1. The van der Waals surface area contributed by atoms with Crippen LogP contribution in [-0.4, -0.2) is 13.1 Å². The molecule has 2 N–H and O–H groups in total. The number of halogens is 1. The predicted molar refractivity (Wildman–Crippen MR) is 79.4 cm³/mol. The summed E-state index contributed by atoms with van der Waals surface area (Å²) in [6, 6.07) is 14.3. The summed E-state index contributed by atoms with van der Waals surface area (Å²) in [6.45, 7) is 0.471. The molecule has 0 radical (unpaired) electrons. The molecule has 106 valence electrons. The molecule has 2 aromatic rings. The molecule has 2 aromatic carbocycles. The molecule has 0 fully saturated rings. The van der Waals surface area contributed by atoms with Gasteiger partial charge in [-0.3, -0.25) is 0 Å². The Morgan fingerprint density at radius 2 is 1.80 bits per heavy atom. The zero-order valence-corrected chi connectivity index (χ0v) is 11.9. The van der Waals surface area contributed by atoms with E-state index in [2.05, 4.69) is 4.74 Å². The van der Waals surface area contributed by atoms with Crippen LogP contribution >= 0.6 is 12.4 Å². The maximum absolute atomic E-state index is 11.3. The number of rotatable bonds is 4. The van der Waals surface area contributed by atoms with Crippen LogP contribution in [0.2, 0.25) is 0 Å². The molecule has 0 bridgehead atoms. The number of ether oxygens (including phenoxy) is 2. The van der Waals surface area contributed by atoms with Gasteiger partial charge in [0.15, 0.2) is 0 Å². The minimum Gasteiger partial charge on any atom is -0.465 e. The molecule has 5 heteroatoms. The summed E-state index contributed by atoms with van der Waals surface area (Å²) in [5, 5.41) is 0. The molecule has 0 spiro atoms. The third-order valence-electron chi connectivity index (χ3n) is 2.65. The lowest BCUT2D eigenvalue weighted by Gasteiger charge is -2.07. The van der Waals surface area contributed by atoms with Gasteiger partial charge in [-0.2, -0.15) is 0 Å². The molecule has 0 atom stereocenters. The number of esters is 1. The van der Waals surface area contributed by atoms with Crippen molar-refractivity contribution in [3.63, 3.8) is 0 Å². The Morgan fingerprint density at radius 3 is 2.40 bits per heavy atom. The van der Waals surface area contributed by atoms with Crippen LogP contribution < -0.4 is 10.5 Å². The van der Waals surface area contributed by atoms with E-state index < -0.39 is 0 Å². The molecular formula is C15H16ClNO3. The van der Waals surface area contributed by atoms with Crippen LogP contribution in [-0.2, 0) is 11.3 Å². The summed E-state index contributed by atoms with van der Waals surface area (Å²) in [4.78, 5) is 11.3. The van der Waals surface area contributed by atoms with E-state index in [1.807, 2.05) is 24.3 Å². The molecule has 0 aliphatic carbocycles. The van der Waals surface area contributed by atoms with Crippen molar-refractivity contribution in [2.24, 2.45) is 5.73 Å². The van der Waals surface area contributed by atoms with Crippen LogP contribution in [0.5, 0.6) is 11.5 Å². The van der Waals surface area contributed by atoms with Gasteiger partial charge in [0.2, 0.25) is 0 Å². The average Bonchev–Trinajstić information content (AvgIpc) is 2.47. The standard InChI is InChI=1S/C15H15NO3.ClH/c1-18-15(17)12-5-7-13(8-6-12)19-14-4-2-3-11(9-14)10-16;/h2-9H,10,16H2,1H3;1H. The Kier molecular flexibility index (Phi) is 6.03. The smallest absolute Gasteiger partial charge is 0.337 e. The second-order valence-corrected chi connectivity index (χ2v) is 3.97. The Balaban J connectivity index is 0.00000200. The highest BCUT2D eigenvalue weighted by molar-refractivity contribution is 5.89. The number of carbonyl (C=O) groups is 1. The first kappa shape index (κ1) is 16.0. The lowest BCUT2D eigenvalue weighted by molar-refractivity contribution is 0.0600. The average molecular weight is 294 g/mol. The Labute approximate surface area is 123 Å². The van der Waals surface area contributed by atoms with Crippen LogP contribution in [0.3, 0.4) is 0 Å². The van der Waals surface area contributed by atoms with Crippen LogP contribution in [0.1, 0.15) is 15.9 Å². The van der Waals surface area contributed by atoms with Crippen molar-refractivity contribution in [3.05, 3.63) is 59.7 Å². The van der Waals surface area contributed by atoms with Gasteiger partial charge in [0.05, 0.1) is 12.7 Å². The largest absolute Gasteiger partial charge is 0.465 e. The van der Waals surface area contributed by atoms with E-state index >= 15 is 0 Å². The van der Waals surface area contributed by atoms with E-state index in [9.17, 15) is 4.79 Å². The second kappa shape index (κ2) is 7.53. The number of hydrogen-bond acceptors (Lipinski definition) is 4.